The Morgan fingerprint density at radius 1 is 1.00 bits per heavy atom. The van der Waals surface area contributed by atoms with Crippen LogP contribution in [-0.4, -0.2) is 16.9 Å². The summed E-state index contributed by atoms with van der Waals surface area (Å²) in [7, 11) is 0. The fourth-order valence-electron chi connectivity index (χ4n) is 2.37. The predicted octanol–water partition coefficient (Wildman–Crippen LogP) is 2.66. The third-order valence-corrected chi connectivity index (χ3v) is 3.60. The van der Waals surface area contributed by atoms with E-state index in [0.29, 0.717) is 17.8 Å². The van der Waals surface area contributed by atoms with E-state index in [9.17, 15) is 9.59 Å². The predicted molar refractivity (Wildman–Crippen MR) is 92.6 cm³/mol. The molecule has 1 heterocycles. The molecule has 0 atom stereocenters. The molecule has 4 N–H and O–H groups in total. The fraction of sp³-hybridized carbons (Fsp3) is 0.0556. The standard InChI is InChI=1S/C18H16N4O2/c19-18(24)21-9-12-5-7-13(8-6-12)17(23)22-16-11-20-10-14-3-1-2-4-15(14)16/h1-8,10-11H,9H2,(H,22,23)(H3,19,21,24). The van der Waals surface area contributed by atoms with Gasteiger partial charge in [-0.05, 0) is 17.7 Å². The average molecular weight is 320 g/mol. The molecule has 1 aromatic heterocycles. The van der Waals surface area contributed by atoms with Crippen LogP contribution in [0.4, 0.5) is 10.5 Å². The van der Waals surface area contributed by atoms with E-state index in [1.54, 1.807) is 36.7 Å². The molecule has 0 unspecified atom stereocenters. The van der Waals surface area contributed by atoms with E-state index in [-0.39, 0.29) is 5.91 Å². The number of benzene rings is 2. The van der Waals surface area contributed by atoms with Gasteiger partial charge in [0.2, 0.25) is 0 Å². The molecule has 6 nitrogen and oxygen atoms in total. The minimum atomic E-state index is -0.583. The van der Waals surface area contributed by atoms with Crippen molar-refractivity contribution >= 4 is 28.4 Å². The number of aromatic nitrogens is 1. The molecule has 0 radical (unpaired) electrons. The molecular formula is C18H16N4O2. The molecule has 2 aromatic carbocycles. The lowest BCUT2D eigenvalue weighted by Crippen LogP contribution is -2.28. The van der Waals surface area contributed by atoms with Gasteiger partial charge in [-0.2, -0.15) is 0 Å². The van der Waals surface area contributed by atoms with Crippen LogP contribution < -0.4 is 16.4 Å². The quantitative estimate of drug-likeness (QED) is 0.689. The monoisotopic (exact) mass is 320 g/mol. The van der Waals surface area contributed by atoms with Crippen LogP contribution in [-0.2, 0) is 6.54 Å². The first-order valence-electron chi connectivity index (χ1n) is 7.40. The molecule has 120 valence electrons. The third kappa shape index (κ3) is 3.49. The van der Waals surface area contributed by atoms with Gasteiger partial charge in [-0.25, -0.2) is 4.79 Å². The van der Waals surface area contributed by atoms with Crippen molar-refractivity contribution in [3.8, 4) is 0 Å². The summed E-state index contributed by atoms with van der Waals surface area (Å²) in [5.74, 6) is -0.220. The van der Waals surface area contributed by atoms with Gasteiger partial charge in [-0.15, -0.1) is 0 Å². The van der Waals surface area contributed by atoms with Gasteiger partial charge in [0.1, 0.15) is 0 Å². The summed E-state index contributed by atoms with van der Waals surface area (Å²) < 4.78 is 0. The van der Waals surface area contributed by atoms with Gasteiger partial charge in [0, 0.05) is 29.1 Å². The van der Waals surface area contributed by atoms with Gasteiger partial charge in [-0.3, -0.25) is 9.78 Å². The largest absolute Gasteiger partial charge is 0.352 e. The second-order valence-electron chi connectivity index (χ2n) is 5.28. The minimum absolute atomic E-state index is 0.220. The van der Waals surface area contributed by atoms with Crippen molar-refractivity contribution in [2.75, 3.05) is 5.32 Å². The fourth-order valence-corrected chi connectivity index (χ4v) is 2.37. The zero-order chi connectivity index (χ0) is 16.9. The summed E-state index contributed by atoms with van der Waals surface area (Å²) >= 11 is 0. The Labute approximate surface area is 138 Å². The lowest BCUT2D eigenvalue weighted by Gasteiger charge is -2.09. The van der Waals surface area contributed by atoms with E-state index in [1.807, 2.05) is 24.3 Å². The first-order valence-corrected chi connectivity index (χ1v) is 7.40. The Morgan fingerprint density at radius 2 is 1.75 bits per heavy atom. The number of nitrogens with one attached hydrogen (secondary N) is 2. The summed E-state index contributed by atoms with van der Waals surface area (Å²) in [5, 5.41) is 7.27. The van der Waals surface area contributed by atoms with Crippen LogP contribution in [0.15, 0.2) is 60.9 Å². The average Bonchev–Trinajstić information content (AvgIpc) is 2.60. The number of fused-ring (bicyclic) bond motifs is 1. The lowest BCUT2D eigenvalue weighted by molar-refractivity contribution is 0.102. The number of nitrogens with zero attached hydrogens (tertiary/aromatic N) is 1. The molecule has 0 aliphatic heterocycles. The van der Waals surface area contributed by atoms with Crippen LogP contribution in [0.5, 0.6) is 0 Å². The van der Waals surface area contributed by atoms with Gasteiger partial charge in [0.05, 0.1) is 11.9 Å². The van der Waals surface area contributed by atoms with Crippen molar-refractivity contribution in [1.82, 2.24) is 10.3 Å². The zero-order valence-corrected chi connectivity index (χ0v) is 12.8. The molecule has 3 rings (SSSR count). The first kappa shape index (κ1) is 15.5. The summed E-state index contributed by atoms with van der Waals surface area (Å²) in [6.07, 6.45) is 3.39. The highest BCUT2D eigenvalue weighted by Gasteiger charge is 2.09. The smallest absolute Gasteiger partial charge is 0.312 e. The molecule has 0 saturated carbocycles. The van der Waals surface area contributed by atoms with Gasteiger partial charge in [0.15, 0.2) is 0 Å². The van der Waals surface area contributed by atoms with Crippen LogP contribution in [0.1, 0.15) is 15.9 Å². The van der Waals surface area contributed by atoms with Gasteiger partial charge in [-0.1, -0.05) is 36.4 Å². The molecule has 0 fully saturated rings. The number of rotatable bonds is 4. The summed E-state index contributed by atoms with van der Waals surface area (Å²) in [5.41, 5.74) is 7.07. The third-order valence-electron chi connectivity index (χ3n) is 3.60. The van der Waals surface area contributed by atoms with Crippen molar-refractivity contribution in [2.45, 2.75) is 6.54 Å². The lowest BCUT2D eigenvalue weighted by atomic mass is 10.1. The minimum Gasteiger partial charge on any atom is -0.352 e. The molecule has 0 saturated heterocycles. The highest BCUT2D eigenvalue weighted by Crippen LogP contribution is 2.22. The highest BCUT2D eigenvalue weighted by molar-refractivity contribution is 6.08. The molecular weight excluding hydrogens is 304 g/mol. The Kier molecular flexibility index (Phi) is 4.38. The maximum atomic E-state index is 12.4. The van der Waals surface area contributed by atoms with Crippen molar-refractivity contribution in [3.63, 3.8) is 0 Å². The van der Waals surface area contributed by atoms with Crippen molar-refractivity contribution in [2.24, 2.45) is 5.73 Å². The van der Waals surface area contributed by atoms with Crippen LogP contribution in [0.25, 0.3) is 10.8 Å². The summed E-state index contributed by atoms with van der Waals surface area (Å²) in [6, 6.07) is 14.1. The molecule has 0 spiro atoms. The number of hydrogen-bond acceptors (Lipinski definition) is 3. The first-order chi connectivity index (χ1) is 11.6. The number of anilines is 1. The number of urea groups is 1. The highest BCUT2D eigenvalue weighted by atomic mass is 16.2. The topological polar surface area (TPSA) is 97.1 Å². The number of carbonyl (C=O) groups excluding carboxylic acids is 2. The van der Waals surface area contributed by atoms with E-state index in [1.165, 1.54) is 0 Å². The van der Waals surface area contributed by atoms with E-state index >= 15 is 0 Å². The number of pyridine rings is 1. The molecule has 24 heavy (non-hydrogen) atoms. The molecule has 6 heteroatoms. The number of amides is 3. The van der Waals surface area contributed by atoms with Crippen molar-refractivity contribution in [3.05, 3.63) is 72.1 Å². The van der Waals surface area contributed by atoms with Crippen LogP contribution in [0, 0.1) is 0 Å². The van der Waals surface area contributed by atoms with Crippen LogP contribution >= 0.6 is 0 Å². The van der Waals surface area contributed by atoms with E-state index in [4.69, 9.17) is 5.73 Å². The second kappa shape index (κ2) is 6.78. The zero-order valence-electron chi connectivity index (χ0n) is 12.8. The maximum absolute atomic E-state index is 12.4. The number of nitrogens with two attached hydrogens (primary N) is 1. The number of carbonyl (C=O) groups is 2. The Bertz CT molecular complexity index is 886. The Hall–Kier alpha value is -3.41. The van der Waals surface area contributed by atoms with E-state index in [2.05, 4.69) is 15.6 Å². The van der Waals surface area contributed by atoms with Crippen LogP contribution in [0.2, 0.25) is 0 Å². The normalized spacial score (nSPS) is 10.3. The second-order valence-corrected chi connectivity index (χ2v) is 5.28. The SMILES string of the molecule is NC(=O)NCc1ccc(C(=O)Nc2cncc3ccccc23)cc1. The molecule has 0 aliphatic carbocycles. The Morgan fingerprint density at radius 3 is 2.50 bits per heavy atom. The van der Waals surface area contributed by atoms with Crippen LogP contribution in [0.3, 0.4) is 0 Å². The molecule has 0 aliphatic rings. The van der Waals surface area contributed by atoms with Gasteiger partial charge < -0.3 is 16.4 Å². The molecule has 3 aromatic rings. The van der Waals surface area contributed by atoms with Crippen molar-refractivity contribution in [1.29, 1.82) is 0 Å². The number of hydrogen-bond donors (Lipinski definition) is 3. The Balaban J connectivity index is 1.75. The number of primary amides is 1. The summed E-state index contributed by atoms with van der Waals surface area (Å²) in [4.78, 5) is 27.3. The van der Waals surface area contributed by atoms with E-state index < -0.39 is 6.03 Å². The maximum Gasteiger partial charge on any atom is 0.312 e. The van der Waals surface area contributed by atoms with E-state index in [0.717, 1.165) is 16.3 Å². The van der Waals surface area contributed by atoms with Gasteiger partial charge >= 0.3 is 6.03 Å². The summed E-state index contributed by atoms with van der Waals surface area (Å²) in [6.45, 7) is 0.324. The molecule has 0 bridgehead atoms. The van der Waals surface area contributed by atoms with Crippen molar-refractivity contribution < 1.29 is 9.59 Å². The molecule has 3 amide bonds. The van der Waals surface area contributed by atoms with Gasteiger partial charge in [0.25, 0.3) is 5.91 Å².